The average molecular weight is 275 g/mol. The smallest absolute Gasteiger partial charge is 0.254 e. The quantitative estimate of drug-likeness (QED) is 0.812. The van der Waals surface area contributed by atoms with E-state index in [1.807, 2.05) is 6.92 Å². The number of fused-ring (bicyclic) bond motifs is 1. The van der Waals surface area contributed by atoms with Gasteiger partial charge in [0.15, 0.2) is 0 Å². The van der Waals surface area contributed by atoms with E-state index in [0.717, 1.165) is 18.5 Å². The second-order valence-corrected chi connectivity index (χ2v) is 5.06. The normalized spacial score (nSPS) is 16.3. The highest BCUT2D eigenvalue weighted by atomic mass is 16.3. The molecule has 0 aromatic carbocycles. The molecular formula is C13H17N5O2. The highest BCUT2D eigenvalue weighted by Crippen LogP contribution is 2.32. The van der Waals surface area contributed by atoms with E-state index in [0.29, 0.717) is 23.7 Å². The van der Waals surface area contributed by atoms with Crippen LogP contribution in [0.5, 0.6) is 0 Å². The Bertz CT molecular complexity index is 635. The van der Waals surface area contributed by atoms with Crippen molar-refractivity contribution in [2.45, 2.75) is 32.3 Å². The Balaban J connectivity index is 1.79. The number of hydrogen-bond acceptors (Lipinski definition) is 5. The van der Waals surface area contributed by atoms with Gasteiger partial charge in [0.1, 0.15) is 6.33 Å². The molecule has 0 spiro atoms. The third kappa shape index (κ3) is 2.36. The standard InChI is InChI=1S/C13H17N5O2/c1-2-10-9(5-15-13-16-7-17-18(10)13)12(20)14-6-11(19)8-3-4-8/h5,7-8,11,19H,2-4,6H2,1H3,(H,14,20). The van der Waals surface area contributed by atoms with E-state index < -0.39 is 6.10 Å². The molecule has 0 saturated heterocycles. The number of aliphatic hydroxyl groups excluding tert-OH is 1. The maximum Gasteiger partial charge on any atom is 0.254 e. The van der Waals surface area contributed by atoms with Crippen molar-refractivity contribution in [3.8, 4) is 0 Å². The lowest BCUT2D eigenvalue weighted by Crippen LogP contribution is -2.34. The maximum absolute atomic E-state index is 12.2. The minimum Gasteiger partial charge on any atom is -0.391 e. The second kappa shape index (κ2) is 5.16. The first-order valence-electron chi connectivity index (χ1n) is 6.84. The number of aromatic nitrogens is 4. The van der Waals surface area contributed by atoms with Crippen LogP contribution in [0.15, 0.2) is 12.5 Å². The fourth-order valence-electron chi connectivity index (χ4n) is 2.29. The molecule has 1 unspecified atom stereocenters. The Morgan fingerprint density at radius 3 is 3.05 bits per heavy atom. The van der Waals surface area contributed by atoms with Crippen LogP contribution in [0, 0.1) is 5.92 Å². The van der Waals surface area contributed by atoms with E-state index in [2.05, 4.69) is 20.4 Å². The van der Waals surface area contributed by atoms with Crippen LogP contribution in [0.4, 0.5) is 0 Å². The molecule has 1 amide bonds. The third-order valence-electron chi connectivity index (χ3n) is 3.62. The molecule has 3 rings (SSSR count). The molecule has 1 saturated carbocycles. The zero-order chi connectivity index (χ0) is 14.1. The van der Waals surface area contributed by atoms with E-state index >= 15 is 0 Å². The Morgan fingerprint density at radius 1 is 1.55 bits per heavy atom. The molecule has 106 valence electrons. The summed E-state index contributed by atoms with van der Waals surface area (Å²) in [5.41, 5.74) is 1.25. The zero-order valence-corrected chi connectivity index (χ0v) is 11.3. The predicted octanol–water partition coefficient (Wildman–Crippen LogP) is 0.187. The first-order chi connectivity index (χ1) is 9.70. The van der Waals surface area contributed by atoms with Crippen LogP contribution in [0.2, 0.25) is 0 Å². The number of aryl methyl sites for hydroxylation is 1. The van der Waals surface area contributed by atoms with Crippen LogP contribution in [0.1, 0.15) is 35.8 Å². The molecule has 1 atom stereocenters. The molecular weight excluding hydrogens is 258 g/mol. The van der Waals surface area contributed by atoms with Gasteiger partial charge in [-0.25, -0.2) is 9.50 Å². The summed E-state index contributed by atoms with van der Waals surface area (Å²) in [6.07, 6.45) is 5.22. The van der Waals surface area contributed by atoms with Crippen molar-refractivity contribution in [2.75, 3.05) is 6.54 Å². The molecule has 1 fully saturated rings. The third-order valence-corrected chi connectivity index (χ3v) is 3.62. The van der Waals surface area contributed by atoms with E-state index in [9.17, 15) is 9.90 Å². The molecule has 2 aromatic rings. The number of nitrogens with zero attached hydrogens (tertiary/aromatic N) is 4. The van der Waals surface area contributed by atoms with Crippen molar-refractivity contribution in [1.82, 2.24) is 24.9 Å². The monoisotopic (exact) mass is 275 g/mol. The van der Waals surface area contributed by atoms with Crippen LogP contribution in [-0.4, -0.2) is 43.2 Å². The minimum absolute atomic E-state index is 0.230. The first-order valence-corrected chi connectivity index (χ1v) is 6.84. The molecule has 1 aliphatic rings. The summed E-state index contributed by atoms with van der Waals surface area (Å²) in [6.45, 7) is 2.23. The summed E-state index contributed by atoms with van der Waals surface area (Å²) in [4.78, 5) is 20.3. The van der Waals surface area contributed by atoms with Gasteiger partial charge in [-0.1, -0.05) is 6.92 Å². The highest BCUT2D eigenvalue weighted by molar-refractivity contribution is 5.95. The lowest BCUT2D eigenvalue weighted by molar-refractivity contribution is 0.0899. The molecule has 0 aliphatic heterocycles. The van der Waals surface area contributed by atoms with Crippen molar-refractivity contribution < 1.29 is 9.90 Å². The van der Waals surface area contributed by atoms with Gasteiger partial charge in [0.05, 0.1) is 17.4 Å². The second-order valence-electron chi connectivity index (χ2n) is 5.06. The molecule has 2 N–H and O–H groups in total. The van der Waals surface area contributed by atoms with Gasteiger partial charge in [0.25, 0.3) is 11.7 Å². The molecule has 20 heavy (non-hydrogen) atoms. The van der Waals surface area contributed by atoms with Gasteiger partial charge in [0.2, 0.25) is 0 Å². The number of carbonyl (C=O) groups is 1. The highest BCUT2D eigenvalue weighted by Gasteiger charge is 2.30. The number of carbonyl (C=O) groups excluding carboxylic acids is 1. The number of nitrogens with one attached hydrogen (secondary N) is 1. The summed E-state index contributed by atoms with van der Waals surface area (Å²) in [5, 5.41) is 16.6. The SMILES string of the molecule is CCc1c(C(=O)NCC(O)C2CC2)cnc2ncnn12. The Kier molecular flexibility index (Phi) is 3.35. The van der Waals surface area contributed by atoms with E-state index in [4.69, 9.17) is 0 Å². The minimum atomic E-state index is -0.452. The number of rotatable bonds is 5. The number of amides is 1. The Morgan fingerprint density at radius 2 is 2.35 bits per heavy atom. The zero-order valence-electron chi connectivity index (χ0n) is 11.3. The molecule has 0 radical (unpaired) electrons. The average Bonchev–Trinajstić information content (AvgIpc) is 3.21. The van der Waals surface area contributed by atoms with Crippen molar-refractivity contribution >= 4 is 11.7 Å². The molecule has 2 aromatic heterocycles. The van der Waals surface area contributed by atoms with Crippen LogP contribution < -0.4 is 5.32 Å². The maximum atomic E-state index is 12.2. The summed E-state index contributed by atoms with van der Waals surface area (Å²) in [5.74, 6) is 0.597. The van der Waals surface area contributed by atoms with E-state index in [1.165, 1.54) is 12.5 Å². The Hall–Kier alpha value is -2.02. The van der Waals surface area contributed by atoms with Gasteiger partial charge in [-0.3, -0.25) is 4.79 Å². The lowest BCUT2D eigenvalue weighted by atomic mass is 10.1. The molecule has 7 heteroatoms. The topological polar surface area (TPSA) is 92.4 Å². The Labute approximate surface area is 116 Å². The molecule has 0 bridgehead atoms. The predicted molar refractivity (Wildman–Crippen MR) is 71.2 cm³/mol. The summed E-state index contributed by atoms with van der Waals surface area (Å²) >= 11 is 0. The van der Waals surface area contributed by atoms with Crippen molar-refractivity contribution in [3.63, 3.8) is 0 Å². The van der Waals surface area contributed by atoms with Crippen LogP contribution in [0.25, 0.3) is 5.78 Å². The van der Waals surface area contributed by atoms with Gasteiger partial charge in [-0.15, -0.1) is 0 Å². The van der Waals surface area contributed by atoms with Crippen LogP contribution in [-0.2, 0) is 6.42 Å². The lowest BCUT2D eigenvalue weighted by Gasteiger charge is -2.12. The summed E-state index contributed by atoms with van der Waals surface area (Å²) < 4.78 is 1.58. The van der Waals surface area contributed by atoms with E-state index in [-0.39, 0.29) is 12.5 Å². The summed E-state index contributed by atoms with van der Waals surface area (Å²) in [7, 11) is 0. The number of hydrogen-bond donors (Lipinski definition) is 2. The first kappa shape index (κ1) is 13.0. The van der Waals surface area contributed by atoms with Gasteiger partial charge in [0, 0.05) is 12.7 Å². The van der Waals surface area contributed by atoms with Gasteiger partial charge in [-0.05, 0) is 25.2 Å². The van der Waals surface area contributed by atoms with Crippen molar-refractivity contribution in [1.29, 1.82) is 0 Å². The largest absolute Gasteiger partial charge is 0.391 e. The molecule has 1 aliphatic carbocycles. The fraction of sp³-hybridized carbons (Fsp3) is 0.538. The van der Waals surface area contributed by atoms with Gasteiger partial charge >= 0.3 is 0 Å². The van der Waals surface area contributed by atoms with Gasteiger partial charge in [-0.2, -0.15) is 10.1 Å². The van der Waals surface area contributed by atoms with Crippen LogP contribution in [0.3, 0.4) is 0 Å². The van der Waals surface area contributed by atoms with Crippen LogP contribution >= 0.6 is 0 Å². The van der Waals surface area contributed by atoms with Gasteiger partial charge < -0.3 is 10.4 Å². The van der Waals surface area contributed by atoms with E-state index in [1.54, 1.807) is 4.52 Å². The molecule has 7 nitrogen and oxygen atoms in total. The van der Waals surface area contributed by atoms with Crippen molar-refractivity contribution in [2.24, 2.45) is 5.92 Å². The number of aliphatic hydroxyl groups is 1. The fourth-order valence-corrected chi connectivity index (χ4v) is 2.29. The molecule has 2 heterocycles. The summed E-state index contributed by atoms with van der Waals surface area (Å²) in [6, 6.07) is 0. The van der Waals surface area contributed by atoms with Crippen molar-refractivity contribution in [3.05, 3.63) is 23.8 Å².